The van der Waals surface area contributed by atoms with Gasteiger partial charge in [-0.1, -0.05) is 6.07 Å². The van der Waals surface area contributed by atoms with Gasteiger partial charge in [-0.3, -0.25) is 9.59 Å². The summed E-state index contributed by atoms with van der Waals surface area (Å²) in [6.07, 6.45) is 1.32. The number of esters is 1. The molecule has 0 saturated carbocycles. The summed E-state index contributed by atoms with van der Waals surface area (Å²) >= 11 is 0. The third-order valence-electron chi connectivity index (χ3n) is 4.70. The van der Waals surface area contributed by atoms with E-state index in [0.29, 0.717) is 34.9 Å². The fourth-order valence-electron chi connectivity index (χ4n) is 2.97. The number of anilines is 1. The highest BCUT2D eigenvalue weighted by molar-refractivity contribution is 6.39. The van der Waals surface area contributed by atoms with Crippen LogP contribution in [0.25, 0.3) is 0 Å². The molecule has 0 aliphatic carbocycles. The number of carbonyl (C=O) groups is 3. The number of benzene rings is 3. The van der Waals surface area contributed by atoms with Gasteiger partial charge < -0.3 is 24.3 Å². The normalized spacial score (nSPS) is 10.4. The fraction of sp³-hybridized carbons (Fsp3) is 0.154. The van der Waals surface area contributed by atoms with Crippen LogP contribution < -0.4 is 29.7 Å². The molecule has 0 aliphatic rings. The van der Waals surface area contributed by atoms with Crippen LogP contribution in [0.5, 0.6) is 23.0 Å². The number of hydrazone groups is 1. The highest BCUT2D eigenvalue weighted by atomic mass is 16.6. The maximum Gasteiger partial charge on any atom is 0.343 e. The monoisotopic (exact) mass is 491 g/mol. The molecule has 3 aromatic carbocycles. The minimum Gasteiger partial charge on any atom is -0.497 e. The van der Waals surface area contributed by atoms with Gasteiger partial charge in [0.15, 0.2) is 11.5 Å². The van der Waals surface area contributed by atoms with Gasteiger partial charge >= 0.3 is 17.8 Å². The van der Waals surface area contributed by atoms with Gasteiger partial charge in [-0.05, 0) is 67.1 Å². The summed E-state index contributed by atoms with van der Waals surface area (Å²) in [6, 6.07) is 17.9. The van der Waals surface area contributed by atoms with E-state index in [9.17, 15) is 14.4 Å². The molecule has 3 aromatic rings. The van der Waals surface area contributed by atoms with Crippen LogP contribution in [0, 0.1) is 0 Å². The predicted octanol–water partition coefficient (Wildman–Crippen LogP) is 3.41. The Bertz CT molecular complexity index is 1260. The van der Waals surface area contributed by atoms with Gasteiger partial charge in [0, 0.05) is 11.8 Å². The smallest absolute Gasteiger partial charge is 0.343 e. The van der Waals surface area contributed by atoms with E-state index in [0.717, 1.165) is 0 Å². The van der Waals surface area contributed by atoms with Gasteiger partial charge in [-0.25, -0.2) is 10.2 Å². The van der Waals surface area contributed by atoms with Crippen molar-refractivity contribution in [3.63, 3.8) is 0 Å². The SMILES string of the molecule is CCOc1ccc(C(=O)Oc2ccc(/C=N\NC(=O)C(=O)Nc3cccc(OC)c3)cc2OC)cc1. The van der Waals surface area contributed by atoms with Gasteiger partial charge in [0.2, 0.25) is 0 Å². The van der Waals surface area contributed by atoms with Crippen LogP contribution in [0.2, 0.25) is 0 Å². The van der Waals surface area contributed by atoms with Crippen LogP contribution in [0.3, 0.4) is 0 Å². The maximum atomic E-state index is 12.5. The molecule has 0 spiro atoms. The molecule has 2 N–H and O–H groups in total. The lowest BCUT2D eigenvalue weighted by molar-refractivity contribution is -0.136. The lowest BCUT2D eigenvalue weighted by atomic mass is 10.2. The zero-order valence-corrected chi connectivity index (χ0v) is 19.9. The van der Waals surface area contributed by atoms with Crippen LogP contribution in [-0.2, 0) is 9.59 Å². The van der Waals surface area contributed by atoms with Crippen molar-refractivity contribution in [3.8, 4) is 23.0 Å². The molecule has 0 atom stereocenters. The molecule has 10 nitrogen and oxygen atoms in total. The summed E-state index contributed by atoms with van der Waals surface area (Å²) in [5, 5.41) is 6.24. The molecule has 36 heavy (non-hydrogen) atoms. The Kier molecular flexibility index (Phi) is 8.99. The summed E-state index contributed by atoms with van der Waals surface area (Å²) < 4.78 is 21.2. The molecule has 2 amide bonds. The lowest BCUT2D eigenvalue weighted by Crippen LogP contribution is -2.32. The minimum atomic E-state index is -0.957. The van der Waals surface area contributed by atoms with Crippen molar-refractivity contribution in [2.45, 2.75) is 6.92 Å². The maximum absolute atomic E-state index is 12.5. The molecule has 0 radical (unpaired) electrons. The van der Waals surface area contributed by atoms with Gasteiger partial charge in [-0.15, -0.1) is 0 Å². The zero-order valence-electron chi connectivity index (χ0n) is 19.9. The second-order valence-electron chi connectivity index (χ2n) is 7.14. The number of nitrogens with one attached hydrogen (secondary N) is 2. The van der Waals surface area contributed by atoms with Crippen molar-refractivity contribution in [1.82, 2.24) is 5.43 Å². The third kappa shape index (κ3) is 7.07. The molecule has 0 unspecified atom stereocenters. The molecular formula is C26H25N3O7. The molecule has 186 valence electrons. The zero-order chi connectivity index (χ0) is 25.9. The summed E-state index contributed by atoms with van der Waals surface area (Å²) in [5.41, 5.74) is 3.43. The van der Waals surface area contributed by atoms with Crippen molar-refractivity contribution in [2.75, 3.05) is 26.1 Å². The average molecular weight is 492 g/mol. The summed E-state index contributed by atoms with van der Waals surface area (Å²) in [7, 11) is 2.92. The van der Waals surface area contributed by atoms with Gasteiger partial charge in [0.1, 0.15) is 11.5 Å². The number of rotatable bonds is 9. The highest BCUT2D eigenvalue weighted by Crippen LogP contribution is 2.28. The first kappa shape index (κ1) is 25.8. The van der Waals surface area contributed by atoms with Crippen molar-refractivity contribution >= 4 is 29.7 Å². The van der Waals surface area contributed by atoms with E-state index in [-0.39, 0.29) is 11.5 Å². The Morgan fingerprint density at radius 3 is 2.33 bits per heavy atom. The lowest BCUT2D eigenvalue weighted by Gasteiger charge is -2.10. The van der Waals surface area contributed by atoms with Gasteiger partial charge in [-0.2, -0.15) is 5.10 Å². The molecule has 3 rings (SSSR count). The predicted molar refractivity (Wildman–Crippen MR) is 133 cm³/mol. The Morgan fingerprint density at radius 2 is 1.64 bits per heavy atom. The summed E-state index contributed by atoms with van der Waals surface area (Å²) in [4.78, 5) is 36.6. The van der Waals surface area contributed by atoms with E-state index in [1.54, 1.807) is 60.7 Å². The molecule has 0 heterocycles. The minimum absolute atomic E-state index is 0.204. The molecule has 0 aromatic heterocycles. The quantitative estimate of drug-likeness (QED) is 0.155. The molecular weight excluding hydrogens is 466 g/mol. The van der Waals surface area contributed by atoms with Crippen molar-refractivity contribution in [3.05, 3.63) is 77.9 Å². The highest BCUT2D eigenvalue weighted by Gasteiger charge is 2.15. The summed E-state index contributed by atoms with van der Waals surface area (Å²) in [5.74, 6) is -0.743. The second kappa shape index (κ2) is 12.6. The Balaban J connectivity index is 1.59. The van der Waals surface area contributed by atoms with E-state index in [2.05, 4.69) is 15.8 Å². The van der Waals surface area contributed by atoms with Gasteiger partial charge in [0.05, 0.1) is 32.6 Å². The fourth-order valence-corrected chi connectivity index (χ4v) is 2.97. The number of carbonyl (C=O) groups excluding carboxylic acids is 3. The summed E-state index contributed by atoms with van der Waals surface area (Å²) in [6.45, 7) is 2.40. The second-order valence-corrected chi connectivity index (χ2v) is 7.14. The average Bonchev–Trinajstić information content (AvgIpc) is 2.90. The van der Waals surface area contributed by atoms with E-state index < -0.39 is 17.8 Å². The van der Waals surface area contributed by atoms with Crippen molar-refractivity contribution < 1.29 is 33.3 Å². The first-order valence-corrected chi connectivity index (χ1v) is 10.8. The number of hydrogen-bond acceptors (Lipinski definition) is 8. The Labute approximate surface area is 207 Å². The van der Waals surface area contributed by atoms with Crippen molar-refractivity contribution in [1.29, 1.82) is 0 Å². The van der Waals surface area contributed by atoms with Crippen molar-refractivity contribution in [2.24, 2.45) is 5.10 Å². The first-order valence-electron chi connectivity index (χ1n) is 10.8. The molecule has 0 bridgehead atoms. The largest absolute Gasteiger partial charge is 0.497 e. The van der Waals surface area contributed by atoms with E-state index in [1.807, 2.05) is 6.92 Å². The van der Waals surface area contributed by atoms with Crippen LogP contribution in [-0.4, -0.2) is 44.8 Å². The van der Waals surface area contributed by atoms with Crippen LogP contribution in [0.1, 0.15) is 22.8 Å². The Morgan fingerprint density at radius 1 is 0.861 bits per heavy atom. The molecule has 10 heteroatoms. The van der Waals surface area contributed by atoms with E-state index >= 15 is 0 Å². The molecule has 0 fully saturated rings. The molecule has 0 saturated heterocycles. The number of ether oxygens (including phenoxy) is 4. The molecule has 0 aliphatic heterocycles. The Hall–Kier alpha value is -4.86. The topological polar surface area (TPSA) is 125 Å². The van der Waals surface area contributed by atoms with Crippen LogP contribution >= 0.6 is 0 Å². The first-order chi connectivity index (χ1) is 17.4. The van der Waals surface area contributed by atoms with Crippen LogP contribution in [0.4, 0.5) is 5.69 Å². The van der Waals surface area contributed by atoms with E-state index in [4.69, 9.17) is 18.9 Å². The van der Waals surface area contributed by atoms with Gasteiger partial charge in [0.25, 0.3) is 0 Å². The number of amides is 2. The third-order valence-corrected chi connectivity index (χ3v) is 4.70. The number of hydrogen-bond donors (Lipinski definition) is 2. The van der Waals surface area contributed by atoms with Crippen LogP contribution in [0.15, 0.2) is 71.8 Å². The van der Waals surface area contributed by atoms with E-state index in [1.165, 1.54) is 26.5 Å². The number of methoxy groups -OCH3 is 2. The number of nitrogens with zero attached hydrogens (tertiary/aromatic N) is 1. The standard InChI is InChI=1S/C26H25N3O7/c1-4-35-20-11-9-18(10-12-20)26(32)36-22-13-8-17(14-23(22)34-3)16-27-29-25(31)24(30)28-19-6-5-7-21(15-19)33-2/h5-16H,4H2,1-3H3,(H,28,30)(H,29,31)/b27-16-.